The van der Waals surface area contributed by atoms with Gasteiger partial charge in [0.25, 0.3) is 0 Å². The van der Waals surface area contributed by atoms with E-state index in [-0.39, 0.29) is 0 Å². The number of rotatable bonds is 1. The zero-order chi connectivity index (χ0) is 8.10. The third kappa shape index (κ3) is 2.63. The summed E-state index contributed by atoms with van der Waals surface area (Å²) in [7, 11) is 0. The topological polar surface area (TPSA) is 45.1 Å². The van der Waals surface area contributed by atoms with Gasteiger partial charge in [-0.2, -0.15) is 0 Å². The van der Waals surface area contributed by atoms with E-state index in [1.165, 1.54) is 6.21 Å². The lowest BCUT2D eigenvalue weighted by molar-refractivity contribution is 0.152. The highest BCUT2D eigenvalue weighted by atomic mass is 79.9. The molecule has 0 spiro atoms. The molecule has 3 nitrogen and oxygen atoms in total. The van der Waals surface area contributed by atoms with Gasteiger partial charge in [0.05, 0.1) is 17.7 Å². The minimum absolute atomic E-state index is 0.741. The summed E-state index contributed by atoms with van der Waals surface area (Å²) in [6.45, 7) is 2.32. The van der Waals surface area contributed by atoms with E-state index in [9.17, 15) is 0 Å². The molecule has 1 saturated heterocycles. The smallest absolute Gasteiger partial charge is 0.0639 e. The maximum atomic E-state index is 7.01. The summed E-state index contributed by atoms with van der Waals surface area (Å²) < 4.78 is 6.05. The van der Waals surface area contributed by atoms with Gasteiger partial charge in [-0.25, -0.2) is 0 Å². The summed E-state index contributed by atoms with van der Waals surface area (Å²) in [6, 6.07) is 0. The van der Waals surface area contributed by atoms with Crippen LogP contribution in [0.4, 0.5) is 0 Å². The van der Waals surface area contributed by atoms with Crippen LogP contribution in [0.2, 0.25) is 0 Å². The standard InChI is InChI=1S/C7H11BrN2O/c8-6(5-9)7-1-3-11-4-2-10-7/h5,9-10H,1-4H2/b7-6+,9-5?. The fraction of sp³-hybridized carbons (Fsp3) is 0.571. The van der Waals surface area contributed by atoms with Crippen molar-refractivity contribution in [3.63, 3.8) is 0 Å². The first-order valence-corrected chi connectivity index (χ1v) is 4.34. The first-order valence-electron chi connectivity index (χ1n) is 3.55. The van der Waals surface area contributed by atoms with Gasteiger partial charge in [-0.1, -0.05) is 0 Å². The molecule has 0 aromatic heterocycles. The molecule has 0 unspecified atom stereocenters. The molecule has 1 rings (SSSR count). The molecule has 0 aliphatic carbocycles. The molecule has 1 heterocycles. The maximum absolute atomic E-state index is 7.01. The molecular formula is C7H11BrN2O. The van der Waals surface area contributed by atoms with Crippen molar-refractivity contribution in [2.45, 2.75) is 6.42 Å². The molecule has 0 aromatic rings. The predicted octanol–water partition coefficient (Wildman–Crippen LogP) is 1.25. The van der Waals surface area contributed by atoms with Gasteiger partial charge in [0.1, 0.15) is 0 Å². The van der Waals surface area contributed by atoms with Crippen molar-refractivity contribution in [1.29, 1.82) is 5.41 Å². The minimum atomic E-state index is 0.741. The normalized spacial score (nSPS) is 23.4. The number of ether oxygens (including phenoxy) is 1. The van der Waals surface area contributed by atoms with E-state index < -0.39 is 0 Å². The highest BCUT2D eigenvalue weighted by Gasteiger charge is 2.05. The lowest BCUT2D eigenvalue weighted by atomic mass is 10.3. The molecule has 0 atom stereocenters. The number of allylic oxidation sites excluding steroid dienone is 1. The molecule has 62 valence electrons. The maximum Gasteiger partial charge on any atom is 0.0639 e. The summed E-state index contributed by atoms with van der Waals surface area (Å²) >= 11 is 3.29. The van der Waals surface area contributed by atoms with E-state index in [1.54, 1.807) is 0 Å². The fourth-order valence-electron chi connectivity index (χ4n) is 0.930. The first kappa shape index (κ1) is 8.74. The Bertz CT molecular complexity index is 169. The van der Waals surface area contributed by atoms with E-state index >= 15 is 0 Å². The van der Waals surface area contributed by atoms with E-state index in [4.69, 9.17) is 10.1 Å². The Kier molecular flexibility index (Phi) is 3.59. The molecule has 1 aliphatic rings. The summed E-state index contributed by atoms with van der Waals surface area (Å²) in [5.74, 6) is 0. The van der Waals surface area contributed by atoms with Crippen LogP contribution < -0.4 is 5.32 Å². The molecule has 0 amide bonds. The Morgan fingerprint density at radius 3 is 3.18 bits per heavy atom. The summed E-state index contributed by atoms with van der Waals surface area (Å²) in [6.07, 6.45) is 2.16. The van der Waals surface area contributed by atoms with Crippen LogP contribution in [0.3, 0.4) is 0 Å². The van der Waals surface area contributed by atoms with Crippen LogP contribution in [0.25, 0.3) is 0 Å². The number of nitrogens with one attached hydrogen (secondary N) is 2. The highest BCUT2D eigenvalue weighted by molar-refractivity contribution is 9.12. The van der Waals surface area contributed by atoms with E-state index in [0.717, 1.165) is 36.4 Å². The van der Waals surface area contributed by atoms with Gasteiger partial charge in [-0.3, -0.25) is 0 Å². The quantitative estimate of drug-likeness (QED) is 0.652. The van der Waals surface area contributed by atoms with Crippen LogP contribution in [-0.4, -0.2) is 26.0 Å². The van der Waals surface area contributed by atoms with E-state index in [2.05, 4.69) is 21.2 Å². The Morgan fingerprint density at radius 2 is 2.45 bits per heavy atom. The van der Waals surface area contributed by atoms with Crippen molar-refractivity contribution in [2.24, 2.45) is 0 Å². The molecule has 1 aliphatic heterocycles. The Hall–Kier alpha value is -0.350. The molecule has 0 radical (unpaired) electrons. The zero-order valence-electron chi connectivity index (χ0n) is 6.19. The van der Waals surface area contributed by atoms with Crippen LogP contribution in [0.15, 0.2) is 10.2 Å². The van der Waals surface area contributed by atoms with Crippen molar-refractivity contribution >= 4 is 22.1 Å². The van der Waals surface area contributed by atoms with Gasteiger partial charge in [-0.15, -0.1) is 0 Å². The number of hydrogen-bond donors (Lipinski definition) is 2. The van der Waals surface area contributed by atoms with Crippen LogP contribution in [-0.2, 0) is 4.74 Å². The molecule has 0 aromatic carbocycles. The lowest BCUT2D eigenvalue weighted by Crippen LogP contribution is -2.16. The van der Waals surface area contributed by atoms with Crippen LogP contribution in [0.5, 0.6) is 0 Å². The lowest BCUT2D eigenvalue weighted by Gasteiger charge is -2.04. The van der Waals surface area contributed by atoms with Gasteiger partial charge < -0.3 is 15.5 Å². The monoisotopic (exact) mass is 218 g/mol. The largest absolute Gasteiger partial charge is 0.385 e. The van der Waals surface area contributed by atoms with Crippen molar-refractivity contribution in [3.8, 4) is 0 Å². The second kappa shape index (κ2) is 4.51. The summed E-state index contributed by atoms with van der Waals surface area (Å²) in [4.78, 5) is 0. The average Bonchev–Trinajstić information content (AvgIpc) is 2.30. The van der Waals surface area contributed by atoms with Crippen LogP contribution >= 0.6 is 15.9 Å². The average molecular weight is 219 g/mol. The minimum Gasteiger partial charge on any atom is -0.385 e. The van der Waals surface area contributed by atoms with Crippen LogP contribution in [0, 0.1) is 5.41 Å². The van der Waals surface area contributed by atoms with Crippen molar-refractivity contribution in [3.05, 3.63) is 10.2 Å². The Morgan fingerprint density at radius 1 is 1.64 bits per heavy atom. The molecule has 1 fully saturated rings. The zero-order valence-corrected chi connectivity index (χ0v) is 7.78. The van der Waals surface area contributed by atoms with Gasteiger partial charge in [-0.05, 0) is 15.9 Å². The molecular weight excluding hydrogens is 208 g/mol. The third-order valence-electron chi connectivity index (χ3n) is 1.50. The fourth-order valence-corrected chi connectivity index (χ4v) is 1.27. The third-order valence-corrected chi connectivity index (χ3v) is 2.20. The molecule has 4 heteroatoms. The van der Waals surface area contributed by atoms with Gasteiger partial charge >= 0.3 is 0 Å². The Labute approximate surface area is 74.4 Å². The molecule has 2 N–H and O–H groups in total. The van der Waals surface area contributed by atoms with Gasteiger partial charge in [0.15, 0.2) is 0 Å². The predicted molar refractivity (Wildman–Crippen MR) is 48.2 cm³/mol. The summed E-state index contributed by atoms with van der Waals surface area (Å²) in [5, 5.41) is 10.2. The van der Waals surface area contributed by atoms with Crippen LogP contribution in [0.1, 0.15) is 6.42 Å². The second-order valence-electron chi connectivity index (χ2n) is 2.26. The van der Waals surface area contributed by atoms with Gasteiger partial charge in [0, 0.05) is 24.9 Å². The molecule has 11 heavy (non-hydrogen) atoms. The van der Waals surface area contributed by atoms with Crippen molar-refractivity contribution < 1.29 is 4.74 Å². The summed E-state index contributed by atoms with van der Waals surface area (Å²) in [5.41, 5.74) is 1.07. The van der Waals surface area contributed by atoms with E-state index in [0.29, 0.717) is 0 Å². The Balaban J connectivity index is 2.61. The first-order chi connectivity index (χ1) is 5.34. The van der Waals surface area contributed by atoms with E-state index in [1.807, 2.05) is 0 Å². The highest BCUT2D eigenvalue weighted by Crippen LogP contribution is 2.11. The number of halogens is 1. The SMILES string of the molecule is N=C/C(Br)=C1/CCOCCN1. The molecule has 0 bridgehead atoms. The van der Waals surface area contributed by atoms with Crippen molar-refractivity contribution in [1.82, 2.24) is 5.32 Å². The van der Waals surface area contributed by atoms with Crippen molar-refractivity contribution in [2.75, 3.05) is 19.8 Å². The van der Waals surface area contributed by atoms with Gasteiger partial charge in [0.2, 0.25) is 0 Å². The molecule has 0 saturated carbocycles. The number of hydrogen-bond acceptors (Lipinski definition) is 3. The second-order valence-corrected chi connectivity index (χ2v) is 3.11.